The summed E-state index contributed by atoms with van der Waals surface area (Å²) in [5, 5.41) is 13.9. The first-order valence-electron chi connectivity index (χ1n) is 5.02. The van der Waals surface area contributed by atoms with Crippen LogP contribution in [0.2, 0.25) is 0 Å². The molecule has 0 aliphatic rings. The number of rotatable bonds is 3. The Hall–Kier alpha value is -2.00. The van der Waals surface area contributed by atoms with Crippen molar-refractivity contribution in [1.82, 2.24) is 5.32 Å². The van der Waals surface area contributed by atoms with Gasteiger partial charge < -0.3 is 15.7 Å². The van der Waals surface area contributed by atoms with Crippen molar-refractivity contribution in [2.75, 3.05) is 11.9 Å². The van der Waals surface area contributed by atoms with Crippen molar-refractivity contribution >= 4 is 33.6 Å². The lowest BCUT2D eigenvalue weighted by atomic mass is 10.2. The molecule has 0 aliphatic heterocycles. The monoisotopic (exact) mass is 310 g/mol. The van der Waals surface area contributed by atoms with E-state index in [1.807, 2.05) is 0 Å². The third kappa shape index (κ3) is 4.11. The van der Waals surface area contributed by atoms with Gasteiger partial charge in [-0.2, -0.15) is 0 Å². The molecule has 18 heavy (non-hydrogen) atoms. The Morgan fingerprint density at radius 2 is 2.17 bits per heavy atom. The molecule has 3 N–H and O–H groups in total. The highest BCUT2D eigenvalue weighted by atomic mass is 79.9. The van der Waals surface area contributed by atoms with E-state index < -0.39 is 12.0 Å². The number of amides is 2. The van der Waals surface area contributed by atoms with Gasteiger partial charge in [-0.15, -0.1) is 5.92 Å². The molecule has 0 fully saturated rings. The molecule has 0 heterocycles. The Labute approximate surface area is 113 Å². The van der Waals surface area contributed by atoms with Crippen LogP contribution in [0, 0.1) is 11.8 Å². The number of carboxylic acid groups (broad SMARTS) is 1. The Morgan fingerprint density at radius 3 is 2.72 bits per heavy atom. The molecular weight excluding hydrogens is 300 g/mol. The van der Waals surface area contributed by atoms with Crippen LogP contribution in [-0.2, 0) is 0 Å². The number of hydrogen-bond donors (Lipinski definition) is 3. The van der Waals surface area contributed by atoms with E-state index in [1.54, 1.807) is 6.92 Å². The quantitative estimate of drug-likeness (QED) is 0.750. The first kappa shape index (κ1) is 14.1. The summed E-state index contributed by atoms with van der Waals surface area (Å²) in [6.45, 7) is 1.94. The molecule has 0 atom stereocenters. The van der Waals surface area contributed by atoms with Crippen molar-refractivity contribution in [1.29, 1.82) is 0 Å². The minimum absolute atomic E-state index is 0.143. The van der Waals surface area contributed by atoms with E-state index in [1.165, 1.54) is 18.2 Å². The van der Waals surface area contributed by atoms with Crippen LogP contribution in [-0.4, -0.2) is 23.7 Å². The first-order valence-corrected chi connectivity index (χ1v) is 5.81. The van der Waals surface area contributed by atoms with E-state index in [-0.39, 0.29) is 12.1 Å². The highest BCUT2D eigenvalue weighted by Crippen LogP contribution is 2.23. The smallest absolute Gasteiger partial charge is 0.335 e. The number of aromatic carboxylic acids is 1. The van der Waals surface area contributed by atoms with Crippen LogP contribution in [0.5, 0.6) is 0 Å². The summed E-state index contributed by atoms with van der Waals surface area (Å²) in [5.74, 6) is 4.32. The average molecular weight is 311 g/mol. The van der Waals surface area contributed by atoms with Gasteiger partial charge in [0.2, 0.25) is 0 Å². The maximum absolute atomic E-state index is 11.4. The van der Waals surface area contributed by atoms with E-state index in [2.05, 4.69) is 38.4 Å². The topological polar surface area (TPSA) is 78.4 Å². The van der Waals surface area contributed by atoms with Crippen molar-refractivity contribution in [3.8, 4) is 11.8 Å². The second-order valence-electron chi connectivity index (χ2n) is 3.23. The predicted molar refractivity (Wildman–Crippen MR) is 71.6 cm³/mol. The molecule has 0 bridgehead atoms. The van der Waals surface area contributed by atoms with Crippen LogP contribution in [0.4, 0.5) is 10.5 Å². The first-order chi connectivity index (χ1) is 8.54. The SMILES string of the molecule is CC#CCNC(=O)Nc1ccc(C(=O)O)cc1Br. The van der Waals surface area contributed by atoms with Crippen LogP contribution in [0.25, 0.3) is 0 Å². The van der Waals surface area contributed by atoms with Crippen molar-refractivity contribution in [2.45, 2.75) is 6.92 Å². The summed E-state index contributed by atoms with van der Waals surface area (Å²) in [6, 6.07) is 3.94. The molecular formula is C12H11BrN2O3. The highest BCUT2D eigenvalue weighted by molar-refractivity contribution is 9.10. The second kappa shape index (κ2) is 6.67. The summed E-state index contributed by atoms with van der Waals surface area (Å²) in [6.07, 6.45) is 0. The van der Waals surface area contributed by atoms with Gasteiger partial charge in [0.05, 0.1) is 17.8 Å². The number of anilines is 1. The molecule has 2 amide bonds. The van der Waals surface area contributed by atoms with Crippen LogP contribution in [0.15, 0.2) is 22.7 Å². The fraction of sp³-hybridized carbons (Fsp3) is 0.167. The predicted octanol–water partition coefficient (Wildman–Crippen LogP) is 2.29. The molecule has 5 nitrogen and oxygen atoms in total. The van der Waals surface area contributed by atoms with Gasteiger partial charge in [-0.25, -0.2) is 9.59 Å². The molecule has 1 aromatic carbocycles. The average Bonchev–Trinajstić information content (AvgIpc) is 2.32. The zero-order valence-corrected chi connectivity index (χ0v) is 11.2. The van der Waals surface area contributed by atoms with E-state index >= 15 is 0 Å². The molecule has 0 saturated carbocycles. The number of hydrogen-bond acceptors (Lipinski definition) is 2. The number of carboxylic acids is 1. The van der Waals surface area contributed by atoms with Gasteiger partial charge in [-0.05, 0) is 41.1 Å². The third-order valence-electron chi connectivity index (χ3n) is 1.98. The minimum Gasteiger partial charge on any atom is -0.478 e. The van der Waals surface area contributed by atoms with Gasteiger partial charge in [0, 0.05) is 4.47 Å². The van der Waals surface area contributed by atoms with Crippen LogP contribution >= 0.6 is 15.9 Å². The number of benzene rings is 1. The van der Waals surface area contributed by atoms with Gasteiger partial charge in [0.1, 0.15) is 0 Å². The third-order valence-corrected chi connectivity index (χ3v) is 2.63. The Bertz CT molecular complexity index is 532. The summed E-state index contributed by atoms with van der Waals surface area (Å²) < 4.78 is 0.499. The van der Waals surface area contributed by atoms with Crippen molar-refractivity contribution < 1.29 is 14.7 Å². The number of urea groups is 1. The van der Waals surface area contributed by atoms with E-state index in [4.69, 9.17) is 5.11 Å². The minimum atomic E-state index is -1.02. The molecule has 0 aliphatic carbocycles. The molecule has 0 unspecified atom stereocenters. The van der Waals surface area contributed by atoms with Gasteiger partial charge in [-0.3, -0.25) is 0 Å². The van der Waals surface area contributed by atoms with Crippen molar-refractivity contribution in [3.05, 3.63) is 28.2 Å². The molecule has 0 radical (unpaired) electrons. The largest absolute Gasteiger partial charge is 0.478 e. The lowest BCUT2D eigenvalue weighted by molar-refractivity contribution is 0.0697. The van der Waals surface area contributed by atoms with Crippen molar-refractivity contribution in [3.63, 3.8) is 0 Å². The van der Waals surface area contributed by atoms with Gasteiger partial charge in [0.25, 0.3) is 0 Å². The number of carbonyl (C=O) groups excluding carboxylic acids is 1. The normalized spacial score (nSPS) is 9.00. The Balaban J connectivity index is 2.69. The lowest BCUT2D eigenvalue weighted by Gasteiger charge is -2.08. The number of halogens is 1. The van der Waals surface area contributed by atoms with Gasteiger partial charge in [-0.1, -0.05) is 5.92 Å². The zero-order chi connectivity index (χ0) is 13.5. The fourth-order valence-electron chi connectivity index (χ4n) is 1.13. The summed E-state index contributed by atoms with van der Waals surface area (Å²) in [7, 11) is 0. The molecule has 94 valence electrons. The summed E-state index contributed by atoms with van der Waals surface area (Å²) in [5.41, 5.74) is 0.631. The lowest BCUT2D eigenvalue weighted by Crippen LogP contribution is -2.29. The number of carbonyl (C=O) groups is 2. The molecule has 0 spiro atoms. The van der Waals surface area contributed by atoms with Crippen LogP contribution in [0.1, 0.15) is 17.3 Å². The zero-order valence-electron chi connectivity index (χ0n) is 9.58. The molecule has 1 rings (SSSR count). The standard InChI is InChI=1S/C12H11BrN2O3/c1-2-3-6-14-12(18)15-10-5-4-8(11(16)17)7-9(10)13/h4-5,7H,6H2,1H3,(H,16,17)(H2,14,15,18). The fourth-order valence-corrected chi connectivity index (χ4v) is 1.61. The summed E-state index contributed by atoms with van der Waals surface area (Å²) in [4.78, 5) is 22.2. The number of nitrogens with one attached hydrogen (secondary N) is 2. The van der Waals surface area contributed by atoms with E-state index in [0.717, 1.165) is 0 Å². The second-order valence-corrected chi connectivity index (χ2v) is 4.09. The Morgan fingerprint density at radius 1 is 1.44 bits per heavy atom. The molecule has 0 aromatic heterocycles. The molecule has 1 aromatic rings. The van der Waals surface area contributed by atoms with E-state index in [0.29, 0.717) is 10.2 Å². The van der Waals surface area contributed by atoms with Gasteiger partial charge in [0.15, 0.2) is 0 Å². The van der Waals surface area contributed by atoms with Crippen LogP contribution < -0.4 is 10.6 Å². The van der Waals surface area contributed by atoms with Crippen molar-refractivity contribution in [2.24, 2.45) is 0 Å². The maximum Gasteiger partial charge on any atom is 0.335 e. The van der Waals surface area contributed by atoms with E-state index in [9.17, 15) is 9.59 Å². The molecule has 6 heteroatoms. The summed E-state index contributed by atoms with van der Waals surface area (Å²) >= 11 is 3.19. The maximum atomic E-state index is 11.4. The molecule has 0 saturated heterocycles. The van der Waals surface area contributed by atoms with Gasteiger partial charge >= 0.3 is 12.0 Å². The highest BCUT2D eigenvalue weighted by Gasteiger charge is 2.08. The van der Waals surface area contributed by atoms with Crippen LogP contribution in [0.3, 0.4) is 0 Å². The Kier molecular flexibility index (Phi) is 5.21.